The van der Waals surface area contributed by atoms with E-state index in [0.717, 1.165) is 44.4 Å². The van der Waals surface area contributed by atoms with Crippen LogP contribution in [0.2, 0.25) is 0 Å². The van der Waals surface area contributed by atoms with Gasteiger partial charge in [-0.15, -0.1) is 0 Å². The second-order valence-electron chi connectivity index (χ2n) is 10.1. The molecular formula is C25H44O4. The molecule has 0 aromatic heterocycles. The van der Waals surface area contributed by atoms with Gasteiger partial charge < -0.3 is 9.84 Å². The Morgan fingerprint density at radius 1 is 0.862 bits per heavy atom. The van der Waals surface area contributed by atoms with Gasteiger partial charge in [0.15, 0.2) is 0 Å². The normalized spacial score (nSPS) is 24.4. The minimum atomic E-state index is -0.718. The number of ether oxygens (including phenoxy) is 1. The van der Waals surface area contributed by atoms with Gasteiger partial charge in [0.2, 0.25) is 0 Å². The molecule has 0 atom stereocenters. The minimum Gasteiger partial charge on any atom is -0.481 e. The maximum Gasteiger partial charge on any atom is 0.309 e. The van der Waals surface area contributed by atoms with E-state index >= 15 is 0 Å². The van der Waals surface area contributed by atoms with Crippen molar-refractivity contribution in [1.29, 1.82) is 0 Å². The molecule has 0 saturated heterocycles. The molecule has 0 spiro atoms. The molecule has 2 aliphatic carbocycles. The van der Waals surface area contributed by atoms with Crippen LogP contribution in [-0.2, 0) is 14.3 Å². The molecule has 0 aliphatic heterocycles. The molecule has 29 heavy (non-hydrogen) atoms. The first kappa shape index (κ1) is 24.2. The molecule has 168 valence electrons. The summed E-state index contributed by atoms with van der Waals surface area (Å²) in [5.74, 6) is -0.321. The lowest BCUT2D eigenvalue weighted by Gasteiger charge is -2.38. The first-order chi connectivity index (χ1) is 13.9. The van der Waals surface area contributed by atoms with Gasteiger partial charge in [0.05, 0.1) is 11.8 Å². The van der Waals surface area contributed by atoms with Gasteiger partial charge >= 0.3 is 11.9 Å². The molecule has 0 aromatic carbocycles. The highest BCUT2D eigenvalue weighted by Crippen LogP contribution is 2.38. The van der Waals surface area contributed by atoms with Gasteiger partial charge in [-0.25, -0.2) is 0 Å². The zero-order chi connectivity index (χ0) is 21.1. The summed E-state index contributed by atoms with van der Waals surface area (Å²) in [4.78, 5) is 24.0. The van der Waals surface area contributed by atoms with E-state index in [0.29, 0.717) is 25.7 Å². The van der Waals surface area contributed by atoms with E-state index in [1.54, 1.807) is 0 Å². The second-order valence-corrected chi connectivity index (χ2v) is 10.1. The van der Waals surface area contributed by atoms with Gasteiger partial charge in [0.25, 0.3) is 0 Å². The van der Waals surface area contributed by atoms with Crippen molar-refractivity contribution in [3.63, 3.8) is 0 Å². The van der Waals surface area contributed by atoms with Crippen molar-refractivity contribution in [1.82, 2.24) is 0 Å². The standard InChI is InChI=1S/C25H44O4/c1-20(2)12-8-5-3-4-6-9-17-25(18-10-7-11-19-25)29-24(28)22-15-13-21(14-16-22)23(26)27/h20-22H,3-19H2,1-2H3,(H,26,27). The number of aliphatic carboxylic acids is 1. The molecule has 2 rings (SSSR count). The van der Waals surface area contributed by atoms with Gasteiger partial charge in [-0.3, -0.25) is 9.59 Å². The number of carbonyl (C=O) groups excluding carboxylic acids is 1. The fraction of sp³-hybridized carbons (Fsp3) is 0.920. The van der Waals surface area contributed by atoms with E-state index in [-0.39, 0.29) is 23.4 Å². The molecule has 2 fully saturated rings. The van der Waals surface area contributed by atoms with Crippen molar-refractivity contribution in [3.8, 4) is 0 Å². The fourth-order valence-electron chi connectivity index (χ4n) is 5.18. The largest absolute Gasteiger partial charge is 0.481 e. The number of carboxylic acids is 1. The lowest BCUT2D eigenvalue weighted by Crippen LogP contribution is -2.40. The van der Waals surface area contributed by atoms with Crippen LogP contribution in [0.1, 0.15) is 123 Å². The third-order valence-electron chi connectivity index (χ3n) is 7.16. The van der Waals surface area contributed by atoms with Gasteiger partial charge in [-0.05, 0) is 70.1 Å². The highest BCUT2D eigenvalue weighted by Gasteiger charge is 2.38. The van der Waals surface area contributed by atoms with Crippen LogP contribution in [0, 0.1) is 17.8 Å². The van der Waals surface area contributed by atoms with Crippen LogP contribution >= 0.6 is 0 Å². The van der Waals surface area contributed by atoms with Crippen LogP contribution < -0.4 is 0 Å². The van der Waals surface area contributed by atoms with Crippen molar-refractivity contribution in [3.05, 3.63) is 0 Å². The van der Waals surface area contributed by atoms with E-state index in [9.17, 15) is 9.59 Å². The molecule has 2 aliphatic rings. The Balaban J connectivity index is 1.72. The lowest BCUT2D eigenvalue weighted by molar-refractivity contribution is -0.172. The summed E-state index contributed by atoms with van der Waals surface area (Å²) in [6.45, 7) is 4.59. The summed E-state index contributed by atoms with van der Waals surface area (Å²) < 4.78 is 6.20. The topological polar surface area (TPSA) is 63.6 Å². The van der Waals surface area contributed by atoms with Crippen LogP contribution in [0.3, 0.4) is 0 Å². The van der Waals surface area contributed by atoms with Crippen molar-refractivity contribution in [2.24, 2.45) is 17.8 Å². The van der Waals surface area contributed by atoms with E-state index < -0.39 is 5.97 Å². The van der Waals surface area contributed by atoms with E-state index in [4.69, 9.17) is 9.84 Å². The maximum atomic E-state index is 12.8. The molecule has 0 radical (unpaired) electrons. The van der Waals surface area contributed by atoms with Crippen LogP contribution in [0.4, 0.5) is 0 Å². The maximum absolute atomic E-state index is 12.8. The number of carbonyl (C=O) groups is 2. The van der Waals surface area contributed by atoms with E-state index in [1.165, 1.54) is 44.9 Å². The Morgan fingerprint density at radius 2 is 1.41 bits per heavy atom. The Kier molecular flexibility index (Phi) is 10.5. The van der Waals surface area contributed by atoms with Crippen molar-refractivity contribution in [2.45, 2.75) is 129 Å². The van der Waals surface area contributed by atoms with Crippen molar-refractivity contribution in [2.75, 3.05) is 0 Å². The molecule has 0 unspecified atom stereocenters. The molecule has 4 heteroatoms. The number of hydrogen-bond donors (Lipinski definition) is 1. The Morgan fingerprint density at radius 3 is 2.00 bits per heavy atom. The monoisotopic (exact) mass is 408 g/mol. The smallest absolute Gasteiger partial charge is 0.309 e. The lowest BCUT2D eigenvalue weighted by atomic mass is 9.79. The Hall–Kier alpha value is -1.06. The van der Waals surface area contributed by atoms with Crippen molar-refractivity contribution < 1.29 is 19.4 Å². The Labute approximate surface area is 178 Å². The second kappa shape index (κ2) is 12.6. The first-order valence-corrected chi connectivity index (χ1v) is 12.4. The third kappa shape index (κ3) is 8.68. The number of carboxylic acid groups (broad SMARTS) is 1. The number of unbranched alkanes of at least 4 members (excludes halogenated alkanes) is 5. The number of hydrogen-bond acceptors (Lipinski definition) is 3. The predicted molar refractivity (Wildman–Crippen MR) is 117 cm³/mol. The zero-order valence-corrected chi connectivity index (χ0v) is 18.9. The molecule has 0 heterocycles. The third-order valence-corrected chi connectivity index (χ3v) is 7.16. The average Bonchev–Trinajstić information content (AvgIpc) is 2.70. The molecule has 0 bridgehead atoms. The van der Waals surface area contributed by atoms with Crippen LogP contribution in [0.25, 0.3) is 0 Å². The fourth-order valence-corrected chi connectivity index (χ4v) is 5.18. The van der Waals surface area contributed by atoms with Crippen LogP contribution in [-0.4, -0.2) is 22.6 Å². The van der Waals surface area contributed by atoms with Crippen molar-refractivity contribution >= 4 is 11.9 Å². The van der Waals surface area contributed by atoms with Gasteiger partial charge in [0, 0.05) is 0 Å². The Bertz CT molecular complexity index is 485. The van der Waals surface area contributed by atoms with E-state index in [1.807, 2.05) is 0 Å². The zero-order valence-electron chi connectivity index (χ0n) is 18.9. The molecule has 4 nitrogen and oxygen atoms in total. The highest BCUT2D eigenvalue weighted by molar-refractivity contribution is 5.74. The number of esters is 1. The minimum absolute atomic E-state index is 0.0515. The molecular weight excluding hydrogens is 364 g/mol. The summed E-state index contributed by atoms with van der Waals surface area (Å²) in [6, 6.07) is 0. The average molecular weight is 409 g/mol. The summed E-state index contributed by atoms with van der Waals surface area (Å²) in [7, 11) is 0. The molecule has 1 N–H and O–H groups in total. The van der Waals surface area contributed by atoms with E-state index in [2.05, 4.69) is 13.8 Å². The predicted octanol–water partition coefficient (Wildman–Crippen LogP) is 6.90. The summed E-state index contributed by atoms with van der Waals surface area (Å²) in [6.07, 6.45) is 18.2. The van der Waals surface area contributed by atoms with Crippen LogP contribution in [0.5, 0.6) is 0 Å². The van der Waals surface area contributed by atoms with Gasteiger partial charge in [-0.1, -0.05) is 58.8 Å². The number of rotatable bonds is 12. The molecule has 0 aromatic rings. The quantitative estimate of drug-likeness (QED) is 0.282. The molecule has 2 saturated carbocycles. The summed E-state index contributed by atoms with van der Waals surface area (Å²) in [5, 5.41) is 9.16. The van der Waals surface area contributed by atoms with Crippen LogP contribution in [0.15, 0.2) is 0 Å². The highest BCUT2D eigenvalue weighted by atomic mass is 16.6. The first-order valence-electron chi connectivity index (χ1n) is 12.4. The summed E-state index contributed by atoms with van der Waals surface area (Å²) in [5.41, 5.74) is -0.239. The van der Waals surface area contributed by atoms with Gasteiger partial charge in [0.1, 0.15) is 5.60 Å². The summed E-state index contributed by atoms with van der Waals surface area (Å²) >= 11 is 0. The van der Waals surface area contributed by atoms with Gasteiger partial charge in [-0.2, -0.15) is 0 Å². The molecule has 0 amide bonds. The SMILES string of the molecule is CC(C)CCCCCCCCC1(OC(=O)C2CCC(C(=O)O)CC2)CCCCC1.